The topological polar surface area (TPSA) is 69.9 Å². The number of nitrogens with zero attached hydrogens (tertiary/aromatic N) is 2. The van der Waals surface area contributed by atoms with E-state index in [1.807, 2.05) is 26.0 Å². The van der Waals surface area contributed by atoms with Crippen molar-refractivity contribution < 1.29 is 0 Å². The summed E-state index contributed by atoms with van der Waals surface area (Å²) >= 11 is 5.84. The van der Waals surface area contributed by atoms with Gasteiger partial charge in [-0.2, -0.15) is 0 Å². The summed E-state index contributed by atoms with van der Waals surface area (Å²) in [5, 5.41) is 0.684. The molecule has 2 aromatic rings. The van der Waals surface area contributed by atoms with Gasteiger partial charge in [-0.15, -0.1) is 0 Å². The molecule has 5 heteroatoms. The Hall–Kier alpha value is -1.68. The summed E-state index contributed by atoms with van der Waals surface area (Å²) in [6.07, 6.45) is 0. The number of nitrogen functional groups attached to an aromatic ring is 2. The number of hydrogen-bond acceptors (Lipinski definition) is 3. The number of hydrogen-bond donors (Lipinski definition) is 2. The van der Waals surface area contributed by atoms with E-state index in [-0.39, 0.29) is 5.92 Å². The van der Waals surface area contributed by atoms with Gasteiger partial charge >= 0.3 is 0 Å². The molecule has 4 N–H and O–H groups in total. The zero-order valence-corrected chi connectivity index (χ0v) is 10.6. The van der Waals surface area contributed by atoms with Gasteiger partial charge in [0.1, 0.15) is 11.5 Å². The van der Waals surface area contributed by atoms with Gasteiger partial charge in [-0.1, -0.05) is 37.6 Å². The molecule has 0 spiro atoms. The van der Waals surface area contributed by atoms with Crippen molar-refractivity contribution in [2.75, 3.05) is 11.6 Å². The maximum atomic E-state index is 5.95. The summed E-state index contributed by atoms with van der Waals surface area (Å²) in [6.45, 7) is 4.05. The van der Waals surface area contributed by atoms with Crippen molar-refractivity contribution >= 4 is 17.4 Å². The number of benzene rings is 1. The lowest BCUT2D eigenvalue weighted by atomic mass is 10.1. The second-order valence-corrected chi connectivity index (χ2v) is 4.67. The summed E-state index contributed by atoms with van der Waals surface area (Å²) in [5.41, 5.74) is 7.57. The number of anilines is 1. The van der Waals surface area contributed by atoms with E-state index in [4.69, 9.17) is 23.2 Å². The summed E-state index contributed by atoms with van der Waals surface area (Å²) in [5.74, 6) is 7.34. The molecular formula is C12H15ClN4. The van der Waals surface area contributed by atoms with E-state index < -0.39 is 0 Å². The van der Waals surface area contributed by atoms with E-state index >= 15 is 0 Å². The molecule has 2 rings (SSSR count). The maximum Gasteiger partial charge on any atom is 0.150 e. The molecule has 0 unspecified atom stereocenters. The molecule has 1 heterocycles. The normalized spacial score (nSPS) is 11.1. The molecule has 1 aromatic carbocycles. The quantitative estimate of drug-likeness (QED) is 0.805. The van der Waals surface area contributed by atoms with E-state index in [2.05, 4.69) is 4.98 Å². The van der Waals surface area contributed by atoms with Crippen LogP contribution in [0.3, 0.4) is 0 Å². The first-order valence-electron chi connectivity index (χ1n) is 5.40. The van der Waals surface area contributed by atoms with Gasteiger partial charge in [0.25, 0.3) is 0 Å². The van der Waals surface area contributed by atoms with Gasteiger partial charge in [-0.05, 0) is 12.1 Å². The standard InChI is InChI=1S/C12H15ClN4/c1-7(2)12-16-10(11(14)17(12)15)8-3-5-9(13)6-4-8/h3-7H,14-15H2,1-2H3. The first-order chi connectivity index (χ1) is 8.00. The molecule has 4 nitrogen and oxygen atoms in total. The third kappa shape index (κ3) is 2.08. The van der Waals surface area contributed by atoms with Gasteiger partial charge in [0.15, 0.2) is 5.82 Å². The molecule has 17 heavy (non-hydrogen) atoms. The molecule has 0 saturated carbocycles. The van der Waals surface area contributed by atoms with Crippen molar-refractivity contribution in [1.29, 1.82) is 0 Å². The fourth-order valence-corrected chi connectivity index (χ4v) is 1.82. The zero-order chi connectivity index (χ0) is 12.6. The van der Waals surface area contributed by atoms with Gasteiger partial charge < -0.3 is 11.6 Å². The number of halogens is 1. The third-order valence-electron chi connectivity index (χ3n) is 2.61. The highest BCUT2D eigenvalue weighted by molar-refractivity contribution is 6.30. The summed E-state index contributed by atoms with van der Waals surface area (Å²) in [7, 11) is 0. The van der Waals surface area contributed by atoms with E-state index in [0.717, 1.165) is 11.4 Å². The second-order valence-electron chi connectivity index (χ2n) is 4.24. The van der Waals surface area contributed by atoms with Crippen LogP contribution < -0.4 is 11.6 Å². The van der Waals surface area contributed by atoms with Gasteiger partial charge in [0.05, 0.1) is 0 Å². The largest absolute Gasteiger partial charge is 0.382 e. The molecule has 0 bridgehead atoms. The molecular weight excluding hydrogens is 236 g/mol. The third-order valence-corrected chi connectivity index (χ3v) is 2.86. The lowest BCUT2D eigenvalue weighted by molar-refractivity contribution is 0.739. The minimum Gasteiger partial charge on any atom is -0.382 e. The van der Waals surface area contributed by atoms with Gasteiger partial charge in [0.2, 0.25) is 0 Å². The summed E-state index contributed by atoms with van der Waals surface area (Å²) in [6, 6.07) is 7.37. The fraction of sp³-hybridized carbons (Fsp3) is 0.250. The summed E-state index contributed by atoms with van der Waals surface area (Å²) in [4.78, 5) is 4.48. The van der Waals surface area contributed by atoms with Gasteiger partial charge in [-0.25, -0.2) is 9.66 Å². The maximum absolute atomic E-state index is 5.95. The van der Waals surface area contributed by atoms with E-state index in [9.17, 15) is 0 Å². The van der Waals surface area contributed by atoms with Crippen LogP contribution in [0.5, 0.6) is 0 Å². The predicted molar refractivity (Wildman–Crippen MR) is 71.3 cm³/mol. The van der Waals surface area contributed by atoms with Crippen molar-refractivity contribution in [3.8, 4) is 11.3 Å². The molecule has 0 fully saturated rings. The molecule has 1 aromatic heterocycles. The highest BCUT2D eigenvalue weighted by Gasteiger charge is 2.16. The Labute approximate surface area is 105 Å². The molecule has 0 aliphatic heterocycles. The Morgan fingerprint density at radius 2 is 1.82 bits per heavy atom. The van der Waals surface area contributed by atoms with Crippen LogP contribution in [-0.4, -0.2) is 9.66 Å². The zero-order valence-electron chi connectivity index (χ0n) is 9.81. The van der Waals surface area contributed by atoms with Crippen LogP contribution in [-0.2, 0) is 0 Å². The Morgan fingerprint density at radius 3 is 2.29 bits per heavy atom. The highest BCUT2D eigenvalue weighted by Crippen LogP contribution is 2.28. The lowest BCUT2D eigenvalue weighted by Gasteiger charge is -2.04. The highest BCUT2D eigenvalue weighted by atomic mass is 35.5. The number of aromatic nitrogens is 2. The van der Waals surface area contributed by atoms with E-state index in [1.54, 1.807) is 12.1 Å². The van der Waals surface area contributed by atoms with E-state index in [0.29, 0.717) is 16.5 Å². The smallest absolute Gasteiger partial charge is 0.150 e. The van der Waals surface area contributed by atoms with Crippen LogP contribution in [0.15, 0.2) is 24.3 Å². The first kappa shape index (κ1) is 11.8. The monoisotopic (exact) mass is 250 g/mol. The van der Waals surface area contributed by atoms with Gasteiger partial charge in [0, 0.05) is 16.5 Å². The lowest BCUT2D eigenvalue weighted by Crippen LogP contribution is -2.16. The Bertz CT molecular complexity index is 528. The molecule has 0 aliphatic rings. The van der Waals surface area contributed by atoms with Crippen LogP contribution in [0, 0.1) is 0 Å². The van der Waals surface area contributed by atoms with Crippen molar-refractivity contribution in [2.24, 2.45) is 0 Å². The van der Waals surface area contributed by atoms with Crippen LogP contribution in [0.4, 0.5) is 5.82 Å². The Balaban J connectivity index is 2.53. The number of nitrogens with two attached hydrogens (primary N) is 2. The van der Waals surface area contributed by atoms with E-state index in [1.165, 1.54) is 4.68 Å². The fourth-order valence-electron chi connectivity index (χ4n) is 1.69. The van der Waals surface area contributed by atoms with Crippen molar-refractivity contribution in [1.82, 2.24) is 9.66 Å². The second kappa shape index (κ2) is 4.30. The molecule has 0 atom stereocenters. The average molecular weight is 251 g/mol. The molecule has 0 saturated heterocycles. The Kier molecular flexibility index (Phi) is 2.98. The Morgan fingerprint density at radius 1 is 1.24 bits per heavy atom. The first-order valence-corrected chi connectivity index (χ1v) is 5.77. The molecule has 0 radical (unpaired) electrons. The molecule has 90 valence electrons. The van der Waals surface area contributed by atoms with Gasteiger partial charge in [-0.3, -0.25) is 0 Å². The molecule has 0 aliphatic carbocycles. The average Bonchev–Trinajstić information content (AvgIpc) is 2.58. The van der Waals surface area contributed by atoms with Crippen LogP contribution in [0.25, 0.3) is 11.3 Å². The van der Waals surface area contributed by atoms with Crippen LogP contribution in [0.2, 0.25) is 5.02 Å². The van der Waals surface area contributed by atoms with Crippen molar-refractivity contribution in [3.05, 3.63) is 35.1 Å². The minimum absolute atomic E-state index is 0.225. The van der Waals surface area contributed by atoms with Crippen LogP contribution in [0.1, 0.15) is 25.6 Å². The molecule has 0 amide bonds. The van der Waals surface area contributed by atoms with Crippen LogP contribution >= 0.6 is 11.6 Å². The summed E-state index contributed by atoms with van der Waals surface area (Å²) < 4.78 is 1.44. The van der Waals surface area contributed by atoms with Crippen molar-refractivity contribution in [3.63, 3.8) is 0 Å². The predicted octanol–water partition coefficient (Wildman–Crippen LogP) is 2.62. The van der Waals surface area contributed by atoms with Crippen molar-refractivity contribution in [2.45, 2.75) is 19.8 Å². The minimum atomic E-state index is 0.225. The number of rotatable bonds is 2. The number of imidazole rings is 1. The SMILES string of the molecule is CC(C)c1nc(-c2ccc(Cl)cc2)c(N)n1N.